The molecule has 1 aliphatic rings. The maximum Gasteiger partial charge on any atom is 0.142 e. The molecular weight excluding hydrogens is 260 g/mol. The minimum Gasteiger partial charge on any atom is -0.495 e. The molecule has 1 N–H and O–H groups in total. The van der Waals surface area contributed by atoms with Crippen molar-refractivity contribution >= 4 is 17.3 Å². The predicted molar refractivity (Wildman–Crippen MR) is 77.6 cm³/mol. The fourth-order valence-corrected chi connectivity index (χ4v) is 2.80. The smallest absolute Gasteiger partial charge is 0.142 e. The van der Waals surface area contributed by atoms with Gasteiger partial charge in [0.2, 0.25) is 0 Å². The Kier molecular flexibility index (Phi) is 4.93. The zero-order chi connectivity index (χ0) is 13.7. The van der Waals surface area contributed by atoms with E-state index in [0.717, 1.165) is 30.7 Å². The molecule has 0 aliphatic heterocycles. The van der Waals surface area contributed by atoms with Crippen molar-refractivity contribution in [3.8, 4) is 11.8 Å². The Morgan fingerprint density at radius 1 is 1.32 bits per heavy atom. The second-order valence-electron chi connectivity index (χ2n) is 4.97. The number of hydrogen-bond donors (Lipinski definition) is 1. The highest BCUT2D eigenvalue weighted by atomic mass is 35.5. The summed E-state index contributed by atoms with van der Waals surface area (Å²) < 4.78 is 5.34. The number of nitriles is 1. The van der Waals surface area contributed by atoms with Crippen LogP contribution < -0.4 is 10.1 Å². The average Bonchev–Trinajstić information content (AvgIpc) is 2.64. The molecule has 0 bridgehead atoms. The van der Waals surface area contributed by atoms with Gasteiger partial charge in [0.1, 0.15) is 5.75 Å². The van der Waals surface area contributed by atoms with Crippen LogP contribution in [-0.4, -0.2) is 13.2 Å². The van der Waals surface area contributed by atoms with Crippen LogP contribution in [0, 0.1) is 17.2 Å². The van der Waals surface area contributed by atoms with Crippen LogP contribution in [0.1, 0.15) is 32.1 Å². The molecule has 0 amide bonds. The number of ether oxygens (including phenoxy) is 1. The van der Waals surface area contributed by atoms with E-state index in [9.17, 15) is 5.26 Å². The van der Waals surface area contributed by atoms with Crippen molar-refractivity contribution in [3.05, 3.63) is 23.2 Å². The third kappa shape index (κ3) is 3.54. The normalized spacial score (nSPS) is 23.2. The van der Waals surface area contributed by atoms with Crippen LogP contribution in [-0.2, 0) is 0 Å². The summed E-state index contributed by atoms with van der Waals surface area (Å²) in [5.74, 6) is 0.830. The van der Waals surface area contributed by atoms with Crippen molar-refractivity contribution < 1.29 is 4.74 Å². The molecule has 1 fully saturated rings. The van der Waals surface area contributed by atoms with Crippen LogP contribution >= 0.6 is 11.6 Å². The number of anilines is 1. The zero-order valence-electron chi connectivity index (χ0n) is 11.2. The molecule has 4 heteroatoms. The lowest BCUT2D eigenvalue weighted by molar-refractivity contribution is 0.414. The second kappa shape index (κ2) is 6.68. The van der Waals surface area contributed by atoms with Crippen molar-refractivity contribution in [2.24, 2.45) is 5.92 Å². The highest BCUT2D eigenvalue weighted by Crippen LogP contribution is 2.32. The molecule has 1 saturated carbocycles. The summed E-state index contributed by atoms with van der Waals surface area (Å²) in [5, 5.41) is 13.4. The zero-order valence-corrected chi connectivity index (χ0v) is 11.9. The predicted octanol–water partition coefficient (Wildman–Crippen LogP) is 4.23. The van der Waals surface area contributed by atoms with Gasteiger partial charge in [0, 0.05) is 11.1 Å². The van der Waals surface area contributed by atoms with Crippen LogP contribution in [0.4, 0.5) is 5.69 Å². The third-order valence-electron chi connectivity index (χ3n) is 3.68. The number of methoxy groups -OCH3 is 1. The molecule has 1 aliphatic carbocycles. The van der Waals surface area contributed by atoms with Gasteiger partial charge in [-0.1, -0.05) is 30.9 Å². The molecule has 0 radical (unpaired) electrons. The molecule has 2 rings (SSSR count). The Bertz CT molecular complexity index is 470. The molecule has 1 aromatic carbocycles. The van der Waals surface area contributed by atoms with Crippen LogP contribution in [0.5, 0.6) is 5.75 Å². The number of benzene rings is 1. The van der Waals surface area contributed by atoms with Crippen molar-refractivity contribution in [2.45, 2.75) is 38.1 Å². The number of hydrogen-bond acceptors (Lipinski definition) is 3. The topological polar surface area (TPSA) is 45.0 Å². The van der Waals surface area contributed by atoms with Gasteiger partial charge in [-0.05, 0) is 31.0 Å². The molecule has 0 aromatic heterocycles. The summed E-state index contributed by atoms with van der Waals surface area (Å²) in [6.07, 6.45) is 5.51. The fraction of sp³-hybridized carbons (Fsp3) is 0.533. The maximum atomic E-state index is 9.30. The Hall–Kier alpha value is -1.40. The van der Waals surface area contributed by atoms with Gasteiger partial charge in [-0.15, -0.1) is 0 Å². The minimum atomic E-state index is 0.0613. The third-order valence-corrected chi connectivity index (χ3v) is 3.92. The van der Waals surface area contributed by atoms with E-state index < -0.39 is 0 Å². The first-order chi connectivity index (χ1) is 9.24. The highest BCUT2D eigenvalue weighted by molar-refractivity contribution is 6.30. The van der Waals surface area contributed by atoms with E-state index in [0.29, 0.717) is 5.02 Å². The first kappa shape index (κ1) is 14.0. The molecule has 0 saturated heterocycles. The van der Waals surface area contributed by atoms with Gasteiger partial charge in [0.25, 0.3) is 0 Å². The van der Waals surface area contributed by atoms with E-state index in [2.05, 4.69) is 11.4 Å². The summed E-state index contributed by atoms with van der Waals surface area (Å²) in [5.41, 5.74) is 0.877. The number of nitrogens with one attached hydrogen (secondary N) is 1. The first-order valence-electron chi connectivity index (χ1n) is 6.74. The van der Waals surface area contributed by atoms with Gasteiger partial charge in [-0.2, -0.15) is 5.26 Å². The van der Waals surface area contributed by atoms with Crippen LogP contribution in [0.25, 0.3) is 0 Å². The van der Waals surface area contributed by atoms with E-state index >= 15 is 0 Å². The van der Waals surface area contributed by atoms with Crippen molar-refractivity contribution in [3.63, 3.8) is 0 Å². The average molecular weight is 279 g/mol. The van der Waals surface area contributed by atoms with Crippen molar-refractivity contribution in [2.75, 3.05) is 12.4 Å². The van der Waals surface area contributed by atoms with Gasteiger partial charge in [-0.3, -0.25) is 0 Å². The lowest BCUT2D eigenvalue weighted by Crippen LogP contribution is -2.27. The largest absolute Gasteiger partial charge is 0.495 e. The monoisotopic (exact) mass is 278 g/mol. The van der Waals surface area contributed by atoms with Crippen molar-refractivity contribution in [1.82, 2.24) is 0 Å². The van der Waals surface area contributed by atoms with Gasteiger partial charge in [0.05, 0.1) is 24.8 Å². The second-order valence-corrected chi connectivity index (χ2v) is 5.41. The molecule has 2 atom stereocenters. The summed E-state index contributed by atoms with van der Waals surface area (Å²) in [7, 11) is 1.64. The van der Waals surface area contributed by atoms with E-state index in [1.54, 1.807) is 13.2 Å². The quantitative estimate of drug-likeness (QED) is 0.842. The molecular formula is C15H19ClN2O. The SMILES string of the molecule is COc1ccc(Cl)cc1NC1CCCCCC1C#N. The Balaban J connectivity index is 2.18. The first-order valence-corrected chi connectivity index (χ1v) is 7.12. The number of rotatable bonds is 3. The summed E-state index contributed by atoms with van der Waals surface area (Å²) >= 11 is 6.03. The number of nitrogens with zero attached hydrogens (tertiary/aromatic N) is 1. The fourth-order valence-electron chi connectivity index (χ4n) is 2.63. The lowest BCUT2D eigenvalue weighted by atomic mass is 9.96. The minimum absolute atomic E-state index is 0.0613. The molecule has 102 valence electrons. The molecule has 1 aromatic rings. The Morgan fingerprint density at radius 3 is 2.84 bits per heavy atom. The van der Waals surface area contributed by atoms with Crippen LogP contribution in [0.15, 0.2) is 18.2 Å². The molecule has 19 heavy (non-hydrogen) atoms. The van der Waals surface area contributed by atoms with Gasteiger partial charge in [-0.25, -0.2) is 0 Å². The molecule has 0 heterocycles. The maximum absolute atomic E-state index is 9.30. The summed E-state index contributed by atoms with van der Waals surface area (Å²) in [6.45, 7) is 0. The van der Waals surface area contributed by atoms with E-state index in [-0.39, 0.29) is 12.0 Å². The Labute approximate surface area is 119 Å². The van der Waals surface area contributed by atoms with E-state index in [4.69, 9.17) is 16.3 Å². The van der Waals surface area contributed by atoms with E-state index in [1.165, 1.54) is 12.8 Å². The van der Waals surface area contributed by atoms with Crippen LogP contribution in [0.3, 0.4) is 0 Å². The van der Waals surface area contributed by atoms with Gasteiger partial charge < -0.3 is 10.1 Å². The van der Waals surface area contributed by atoms with E-state index in [1.807, 2.05) is 12.1 Å². The summed E-state index contributed by atoms with van der Waals surface area (Å²) in [4.78, 5) is 0. The molecule has 2 unspecified atom stereocenters. The van der Waals surface area contributed by atoms with Gasteiger partial charge >= 0.3 is 0 Å². The van der Waals surface area contributed by atoms with Crippen molar-refractivity contribution in [1.29, 1.82) is 5.26 Å². The lowest BCUT2D eigenvalue weighted by Gasteiger charge is -2.23. The van der Waals surface area contributed by atoms with Gasteiger partial charge in [0.15, 0.2) is 0 Å². The highest BCUT2D eigenvalue weighted by Gasteiger charge is 2.24. The summed E-state index contributed by atoms with van der Waals surface area (Å²) in [6, 6.07) is 8.13. The molecule has 3 nitrogen and oxygen atoms in total. The molecule has 0 spiro atoms. The van der Waals surface area contributed by atoms with Crippen LogP contribution in [0.2, 0.25) is 5.02 Å². The number of halogens is 1. The standard InChI is InChI=1S/C15H19ClN2O/c1-19-15-8-7-12(16)9-14(15)18-13-6-4-2-3-5-11(13)10-17/h7-9,11,13,18H,2-6H2,1H3. The Morgan fingerprint density at radius 2 is 2.11 bits per heavy atom.